The highest BCUT2D eigenvalue weighted by Gasteiger charge is 2.56. The molecule has 2 fully saturated rings. The second kappa shape index (κ2) is 3.07. The molecule has 1 aliphatic carbocycles. The van der Waals surface area contributed by atoms with Gasteiger partial charge in [-0.25, -0.2) is 0 Å². The Morgan fingerprint density at radius 1 is 1.43 bits per heavy atom. The van der Waals surface area contributed by atoms with Crippen molar-refractivity contribution in [1.29, 1.82) is 0 Å². The van der Waals surface area contributed by atoms with Crippen LogP contribution in [-0.2, 0) is 6.42 Å². The summed E-state index contributed by atoms with van der Waals surface area (Å²) in [7, 11) is 0. The van der Waals surface area contributed by atoms with Gasteiger partial charge < -0.3 is 5.32 Å². The van der Waals surface area contributed by atoms with Crippen molar-refractivity contribution >= 4 is 15.9 Å². The average molecular weight is 252 g/mol. The molecule has 0 radical (unpaired) electrons. The number of halogens is 1. The van der Waals surface area contributed by atoms with Crippen LogP contribution in [0, 0.1) is 11.3 Å². The zero-order valence-corrected chi connectivity index (χ0v) is 9.68. The van der Waals surface area contributed by atoms with Crippen LogP contribution in [0.2, 0.25) is 0 Å². The molecule has 2 atom stereocenters. The van der Waals surface area contributed by atoms with Gasteiger partial charge in [-0.3, -0.25) is 0 Å². The van der Waals surface area contributed by atoms with Gasteiger partial charge in [-0.05, 0) is 42.3 Å². The molecule has 14 heavy (non-hydrogen) atoms. The number of rotatable bonds is 2. The van der Waals surface area contributed by atoms with Crippen molar-refractivity contribution in [2.75, 3.05) is 13.1 Å². The van der Waals surface area contributed by atoms with E-state index in [4.69, 9.17) is 0 Å². The topological polar surface area (TPSA) is 12.0 Å². The molecule has 1 heterocycles. The molecule has 0 spiro atoms. The van der Waals surface area contributed by atoms with Gasteiger partial charge in [0.2, 0.25) is 0 Å². The molecule has 1 saturated heterocycles. The lowest BCUT2D eigenvalue weighted by atomic mass is 9.96. The van der Waals surface area contributed by atoms with Crippen LogP contribution in [0.15, 0.2) is 28.7 Å². The SMILES string of the molecule is Brc1ccccc1CC12CNCC1C2. The summed E-state index contributed by atoms with van der Waals surface area (Å²) in [6.45, 7) is 2.46. The Kier molecular flexibility index (Phi) is 1.96. The third-order valence-corrected chi connectivity index (χ3v) is 4.50. The molecule has 1 saturated carbocycles. The lowest BCUT2D eigenvalue weighted by Gasteiger charge is -2.12. The molecule has 1 aromatic carbocycles. The summed E-state index contributed by atoms with van der Waals surface area (Å²) in [6, 6.07) is 8.61. The van der Waals surface area contributed by atoms with Crippen LogP contribution in [0.5, 0.6) is 0 Å². The number of nitrogens with one attached hydrogen (secondary N) is 1. The van der Waals surface area contributed by atoms with Crippen molar-refractivity contribution in [2.24, 2.45) is 11.3 Å². The van der Waals surface area contributed by atoms with Crippen LogP contribution in [0.4, 0.5) is 0 Å². The fourth-order valence-corrected chi connectivity index (χ4v) is 3.16. The van der Waals surface area contributed by atoms with Gasteiger partial charge in [0.15, 0.2) is 0 Å². The third-order valence-electron chi connectivity index (χ3n) is 3.73. The van der Waals surface area contributed by atoms with Crippen LogP contribution in [0.1, 0.15) is 12.0 Å². The van der Waals surface area contributed by atoms with Gasteiger partial charge in [-0.1, -0.05) is 34.1 Å². The fraction of sp³-hybridized carbons (Fsp3) is 0.500. The fourth-order valence-electron chi connectivity index (χ4n) is 2.73. The molecule has 2 aliphatic rings. The Bertz CT molecular complexity index is 363. The van der Waals surface area contributed by atoms with E-state index in [0.717, 1.165) is 5.92 Å². The molecule has 0 amide bonds. The Balaban J connectivity index is 1.82. The van der Waals surface area contributed by atoms with E-state index >= 15 is 0 Å². The minimum atomic E-state index is 0.615. The van der Waals surface area contributed by atoms with Gasteiger partial charge >= 0.3 is 0 Å². The maximum absolute atomic E-state index is 3.63. The molecule has 2 heteroatoms. The quantitative estimate of drug-likeness (QED) is 0.853. The summed E-state index contributed by atoms with van der Waals surface area (Å²) in [4.78, 5) is 0. The first-order chi connectivity index (χ1) is 6.80. The number of piperidine rings is 1. The van der Waals surface area contributed by atoms with E-state index in [1.165, 1.54) is 36.0 Å². The summed E-state index contributed by atoms with van der Waals surface area (Å²) in [5, 5.41) is 3.49. The second-order valence-electron chi connectivity index (χ2n) is 4.66. The predicted molar refractivity (Wildman–Crippen MR) is 61.3 cm³/mol. The summed E-state index contributed by atoms with van der Waals surface area (Å²) >= 11 is 3.63. The van der Waals surface area contributed by atoms with E-state index in [9.17, 15) is 0 Å². The molecule has 3 rings (SSSR count). The van der Waals surface area contributed by atoms with Crippen molar-refractivity contribution in [3.8, 4) is 0 Å². The molecule has 0 aromatic heterocycles. The lowest BCUT2D eigenvalue weighted by Crippen LogP contribution is -2.18. The zero-order valence-electron chi connectivity index (χ0n) is 8.09. The van der Waals surface area contributed by atoms with Crippen LogP contribution >= 0.6 is 15.9 Å². The largest absolute Gasteiger partial charge is 0.316 e. The van der Waals surface area contributed by atoms with E-state index in [0.29, 0.717) is 5.41 Å². The maximum Gasteiger partial charge on any atom is 0.0207 e. The smallest absolute Gasteiger partial charge is 0.0207 e. The zero-order chi connectivity index (χ0) is 9.60. The highest BCUT2D eigenvalue weighted by Crippen LogP contribution is 2.57. The molecule has 1 N–H and O–H groups in total. The highest BCUT2D eigenvalue weighted by molar-refractivity contribution is 9.10. The first kappa shape index (κ1) is 8.93. The number of fused-ring (bicyclic) bond motifs is 1. The van der Waals surface area contributed by atoms with E-state index in [-0.39, 0.29) is 0 Å². The number of hydrogen-bond acceptors (Lipinski definition) is 1. The molecule has 1 nitrogen and oxygen atoms in total. The molecular weight excluding hydrogens is 238 g/mol. The van der Waals surface area contributed by atoms with E-state index in [1.54, 1.807) is 0 Å². The van der Waals surface area contributed by atoms with Gasteiger partial charge in [-0.2, -0.15) is 0 Å². The molecule has 2 unspecified atom stereocenters. The monoisotopic (exact) mass is 251 g/mol. The first-order valence-electron chi connectivity index (χ1n) is 5.24. The van der Waals surface area contributed by atoms with Crippen LogP contribution in [0.25, 0.3) is 0 Å². The summed E-state index contributed by atoms with van der Waals surface area (Å²) in [5.74, 6) is 0.953. The Hall–Kier alpha value is -0.340. The minimum absolute atomic E-state index is 0.615. The van der Waals surface area contributed by atoms with Gasteiger partial charge in [0.25, 0.3) is 0 Å². The van der Waals surface area contributed by atoms with Crippen LogP contribution in [-0.4, -0.2) is 13.1 Å². The van der Waals surface area contributed by atoms with E-state index in [2.05, 4.69) is 45.5 Å². The van der Waals surface area contributed by atoms with Crippen LogP contribution in [0.3, 0.4) is 0 Å². The third kappa shape index (κ3) is 1.32. The van der Waals surface area contributed by atoms with Crippen molar-refractivity contribution in [1.82, 2.24) is 5.32 Å². The Labute approximate surface area is 93.0 Å². The van der Waals surface area contributed by atoms with Crippen molar-refractivity contribution in [3.05, 3.63) is 34.3 Å². The van der Waals surface area contributed by atoms with Gasteiger partial charge in [0, 0.05) is 11.0 Å². The molecule has 1 aromatic rings. The van der Waals surface area contributed by atoms with Gasteiger partial charge in [0.05, 0.1) is 0 Å². The average Bonchev–Trinajstić information content (AvgIpc) is 2.72. The lowest BCUT2D eigenvalue weighted by molar-refractivity contribution is 0.511. The molecule has 0 bridgehead atoms. The normalized spacial score (nSPS) is 34.2. The van der Waals surface area contributed by atoms with Gasteiger partial charge in [0.1, 0.15) is 0 Å². The summed E-state index contributed by atoms with van der Waals surface area (Å²) in [5.41, 5.74) is 2.09. The molecule has 74 valence electrons. The Morgan fingerprint density at radius 3 is 2.93 bits per heavy atom. The minimum Gasteiger partial charge on any atom is -0.316 e. The number of benzene rings is 1. The maximum atomic E-state index is 3.63. The van der Waals surface area contributed by atoms with E-state index in [1.807, 2.05) is 0 Å². The number of hydrogen-bond donors (Lipinski definition) is 1. The summed E-state index contributed by atoms with van der Waals surface area (Å²) in [6.07, 6.45) is 2.67. The van der Waals surface area contributed by atoms with Crippen molar-refractivity contribution in [2.45, 2.75) is 12.8 Å². The summed E-state index contributed by atoms with van der Waals surface area (Å²) < 4.78 is 1.27. The standard InChI is InChI=1S/C12H14BrN/c13-11-4-2-1-3-9(11)5-12-6-10(12)7-14-8-12/h1-4,10,14H,5-8H2. The van der Waals surface area contributed by atoms with Crippen LogP contribution < -0.4 is 5.32 Å². The van der Waals surface area contributed by atoms with Crippen molar-refractivity contribution < 1.29 is 0 Å². The first-order valence-corrected chi connectivity index (χ1v) is 6.04. The van der Waals surface area contributed by atoms with Crippen molar-refractivity contribution in [3.63, 3.8) is 0 Å². The Morgan fingerprint density at radius 2 is 2.29 bits per heavy atom. The second-order valence-corrected chi connectivity index (χ2v) is 5.52. The molecular formula is C12H14BrN. The molecule has 1 aliphatic heterocycles. The predicted octanol–water partition coefficient (Wildman–Crippen LogP) is 2.60. The highest BCUT2D eigenvalue weighted by atomic mass is 79.9. The van der Waals surface area contributed by atoms with E-state index < -0.39 is 0 Å². The van der Waals surface area contributed by atoms with Gasteiger partial charge in [-0.15, -0.1) is 0 Å².